The predicted molar refractivity (Wildman–Crippen MR) is 76.3 cm³/mol. The maximum absolute atomic E-state index is 11.0. The van der Waals surface area contributed by atoms with E-state index in [0.717, 1.165) is 11.1 Å². The Balaban J connectivity index is 1.81. The Morgan fingerprint density at radius 3 is 2.70 bits per heavy atom. The molecule has 0 amide bonds. The van der Waals surface area contributed by atoms with Crippen LogP contribution in [-0.4, -0.2) is 13.7 Å². The van der Waals surface area contributed by atoms with Gasteiger partial charge >= 0.3 is 0 Å². The van der Waals surface area contributed by atoms with E-state index in [2.05, 4.69) is 4.98 Å². The summed E-state index contributed by atoms with van der Waals surface area (Å²) in [6.45, 7) is 0.480. The van der Waals surface area contributed by atoms with E-state index >= 15 is 0 Å². The maximum atomic E-state index is 11.0. The zero-order valence-electron chi connectivity index (χ0n) is 10.5. The van der Waals surface area contributed by atoms with Gasteiger partial charge in [-0.05, 0) is 28.8 Å². The van der Waals surface area contributed by atoms with Crippen LogP contribution in [-0.2, 0) is 17.7 Å². The van der Waals surface area contributed by atoms with Gasteiger partial charge in [0.05, 0.1) is 10.4 Å². The number of rotatable bonds is 4. The van der Waals surface area contributed by atoms with Gasteiger partial charge < -0.3 is 14.3 Å². The fourth-order valence-electron chi connectivity index (χ4n) is 2.05. The number of fused-ring (bicyclic) bond motifs is 1. The number of hydrogen-bond acceptors (Lipinski definition) is 3. The summed E-state index contributed by atoms with van der Waals surface area (Å²) in [6, 6.07) is 15.2. The second-order valence-electron chi connectivity index (χ2n) is 4.37. The smallest absolute Gasteiger partial charge is 0.121 e. The molecule has 0 aliphatic rings. The highest BCUT2D eigenvalue weighted by Crippen LogP contribution is 2.25. The van der Waals surface area contributed by atoms with E-state index < -0.39 is 11.1 Å². The summed E-state index contributed by atoms with van der Waals surface area (Å²) in [5.74, 6) is 0.700. The monoisotopic (exact) mass is 286 g/mol. The SMILES string of the molecule is O=S([O-])c1c[nH]c2cc(OCc3ccccc3)ccc12. The van der Waals surface area contributed by atoms with Crippen molar-refractivity contribution < 1.29 is 13.5 Å². The first-order valence-corrected chi connectivity index (χ1v) is 7.18. The van der Waals surface area contributed by atoms with E-state index in [0.29, 0.717) is 17.7 Å². The molecule has 1 N–H and O–H groups in total. The van der Waals surface area contributed by atoms with Gasteiger partial charge in [0.25, 0.3) is 0 Å². The van der Waals surface area contributed by atoms with E-state index in [1.165, 1.54) is 6.20 Å². The third kappa shape index (κ3) is 2.59. The largest absolute Gasteiger partial charge is 0.768 e. The van der Waals surface area contributed by atoms with E-state index in [9.17, 15) is 8.76 Å². The highest BCUT2D eigenvalue weighted by Gasteiger charge is 2.05. The molecule has 5 heteroatoms. The first kappa shape index (κ1) is 12.9. The van der Waals surface area contributed by atoms with E-state index in [1.54, 1.807) is 18.2 Å². The number of benzene rings is 2. The lowest BCUT2D eigenvalue weighted by Crippen LogP contribution is -1.94. The minimum Gasteiger partial charge on any atom is -0.768 e. The molecule has 3 aromatic rings. The zero-order chi connectivity index (χ0) is 13.9. The van der Waals surface area contributed by atoms with Crippen molar-refractivity contribution in [1.29, 1.82) is 0 Å². The van der Waals surface area contributed by atoms with Crippen molar-refractivity contribution in [2.24, 2.45) is 0 Å². The van der Waals surface area contributed by atoms with Gasteiger partial charge in [-0.15, -0.1) is 0 Å². The quantitative estimate of drug-likeness (QED) is 0.750. The highest BCUT2D eigenvalue weighted by atomic mass is 32.2. The third-order valence-corrected chi connectivity index (χ3v) is 3.74. The highest BCUT2D eigenvalue weighted by molar-refractivity contribution is 7.79. The molecule has 3 rings (SSSR count). The molecule has 20 heavy (non-hydrogen) atoms. The molecule has 0 saturated carbocycles. The average Bonchev–Trinajstić information content (AvgIpc) is 2.89. The number of hydrogen-bond donors (Lipinski definition) is 1. The maximum Gasteiger partial charge on any atom is 0.121 e. The second kappa shape index (κ2) is 5.48. The van der Waals surface area contributed by atoms with Gasteiger partial charge in [0.15, 0.2) is 0 Å². The van der Waals surface area contributed by atoms with Crippen LogP contribution in [0.3, 0.4) is 0 Å². The van der Waals surface area contributed by atoms with E-state index in [1.807, 2.05) is 30.3 Å². The summed E-state index contributed by atoms with van der Waals surface area (Å²) in [5, 5.41) is 0.672. The molecule has 1 aromatic heterocycles. The number of nitrogens with one attached hydrogen (secondary N) is 1. The van der Waals surface area contributed by atoms with Crippen molar-refractivity contribution in [2.45, 2.75) is 11.5 Å². The molecule has 0 saturated heterocycles. The molecule has 0 radical (unpaired) electrons. The summed E-state index contributed by atoms with van der Waals surface area (Å²) in [7, 11) is 0. The third-order valence-electron chi connectivity index (χ3n) is 3.04. The van der Waals surface area contributed by atoms with Crippen LogP contribution in [0.5, 0.6) is 5.75 Å². The van der Waals surface area contributed by atoms with E-state index in [4.69, 9.17) is 4.74 Å². The Bertz CT molecular complexity index is 752. The number of ether oxygens (including phenoxy) is 1. The van der Waals surface area contributed by atoms with Gasteiger partial charge in [0.1, 0.15) is 12.4 Å². The Morgan fingerprint density at radius 2 is 1.95 bits per heavy atom. The summed E-state index contributed by atoms with van der Waals surface area (Å²) in [5.41, 5.74) is 1.83. The van der Waals surface area contributed by atoms with Crippen molar-refractivity contribution in [3.63, 3.8) is 0 Å². The Kier molecular flexibility index (Phi) is 3.54. The van der Waals surface area contributed by atoms with Crippen LogP contribution < -0.4 is 4.74 Å². The van der Waals surface area contributed by atoms with Crippen LogP contribution in [0.2, 0.25) is 0 Å². The topological polar surface area (TPSA) is 65.1 Å². The molecule has 0 fully saturated rings. The summed E-state index contributed by atoms with van der Waals surface area (Å²) in [6.07, 6.45) is 1.48. The van der Waals surface area contributed by atoms with Crippen molar-refractivity contribution >= 4 is 22.0 Å². The number of aromatic nitrogens is 1. The molecule has 1 heterocycles. The van der Waals surface area contributed by atoms with Gasteiger partial charge in [-0.3, -0.25) is 4.21 Å². The van der Waals surface area contributed by atoms with Crippen LogP contribution in [0.1, 0.15) is 5.56 Å². The minimum absolute atomic E-state index is 0.273. The Hall–Kier alpha value is -2.11. The van der Waals surface area contributed by atoms with Crippen molar-refractivity contribution in [1.82, 2.24) is 4.98 Å². The predicted octanol–water partition coefficient (Wildman–Crippen LogP) is 2.98. The van der Waals surface area contributed by atoms with E-state index in [-0.39, 0.29) is 4.90 Å². The van der Waals surface area contributed by atoms with Crippen LogP contribution in [0.15, 0.2) is 59.6 Å². The van der Waals surface area contributed by atoms with Crippen LogP contribution in [0, 0.1) is 0 Å². The van der Waals surface area contributed by atoms with Gasteiger partial charge in [-0.25, -0.2) is 0 Å². The first-order valence-electron chi connectivity index (χ1n) is 6.11. The number of aromatic amines is 1. The summed E-state index contributed by atoms with van der Waals surface area (Å²) < 4.78 is 27.7. The standard InChI is InChI=1S/C15H13NO3S/c17-20(18)15-9-16-14-8-12(6-7-13(14)15)19-10-11-4-2-1-3-5-11/h1-9,16H,10H2,(H,17,18)/p-1. The molecular formula is C15H12NO3S-. The fourth-order valence-corrected chi connectivity index (χ4v) is 2.56. The van der Waals surface area contributed by atoms with Gasteiger partial charge in [-0.1, -0.05) is 30.3 Å². The molecule has 1 atom stereocenters. The number of H-pyrrole nitrogens is 1. The van der Waals surface area contributed by atoms with Crippen molar-refractivity contribution in [2.75, 3.05) is 0 Å². The van der Waals surface area contributed by atoms with Crippen molar-refractivity contribution in [3.8, 4) is 5.75 Å². The molecule has 0 bridgehead atoms. The van der Waals surface area contributed by atoms with Crippen LogP contribution in [0.4, 0.5) is 0 Å². The minimum atomic E-state index is -2.23. The molecule has 2 aromatic carbocycles. The second-order valence-corrected chi connectivity index (χ2v) is 5.28. The zero-order valence-corrected chi connectivity index (χ0v) is 11.4. The molecule has 4 nitrogen and oxygen atoms in total. The molecule has 0 aliphatic carbocycles. The first-order chi connectivity index (χ1) is 9.74. The molecule has 0 spiro atoms. The van der Waals surface area contributed by atoms with Gasteiger partial charge in [0.2, 0.25) is 0 Å². The normalized spacial score (nSPS) is 12.4. The fraction of sp³-hybridized carbons (Fsp3) is 0.0667. The van der Waals surface area contributed by atoms with Crippen LogP contribution >= 0.6 is 0 Å². The van der Waals surface area contributed by atoms with Gasteiger partial charge in [-0.2, -0.15) is 0 Å². The van der Waals surface area contributed by atoms with Crippen LogP contribution in [0.25, 0.3) is 10.9 Å². The summed E-state index contributed by atoms with van der Waals surface area (Å²) >= 11 is -2.23. The molecule has 1 unspecified atom stereocenters. The summed E-state index contributed by atoms with van der Waals surface area (Å²) in [4.78, 5) is 3.21. The van der Waals surface area contributed by atoms with Gasteiger partial charge in [0, 0.05) is 17.6 Å². The Labute approximate surface area is 118 Å². The lowest BCUT2D eigenvalue weighted by atomic mass is 10.2. The Morgan fingerprint density at radius 1 is 1.15 bits per heavy atom. The molecule has 102 valence electrons. The molecular weight excluding hydrogens is 274 g/mol. The lowest BCUT2D eigenvalue weighted by Gasteiger charge is -2.07. The van der Waals surface area contributed by atoms with Crippen molar-refractivity contribution in [3.05, 3.63) is 60.3 Å². The lowest BCUT2D eigenvalue weighted by molar-refractivity contribution is 0.306. The average molecular weight is 286 g/mol. The molecule has 0 aliphatic heterocycles.